The molecule has 0 saturated carbocycles. The number of aromatic nitrogens is 3. The van der Waals surface area contributed by atoms with E-state index in [2.05, 4.69) is 15.0 Å². The van der Waals surface area contributed by atoms with Crippen molar-refractivity contribution in [2.45, 2.75) is 0 Å². The van der Waals surface area contributed by atoms with Crippen LogP contribution in [0.25, 0.3) is 0 Å². The highest BCUT2D eigenvalue weighted by Gasteiger charge is 2.18. The molecule has 0 saturated heterocycles. The number of nitrogens with one attached hydrogen (secondary N) is 1. The molecule has 0 bridgehead atoms. The van der Waals surface area contributed by atoms with Gasteiger partial charge in [0.25, 0.3) is 0 Å². The lowest BCUT2D eigenvalue weighted by molar-refractivity contribution is 0.445. The van der Waals surface area contributed by atoms with Crippen molar-refractivity contribution < 1.29 is 9.13 Å². The van der Waals surface area contributed by atoms with Crippen molar-refractivity contribution in [3.63, 3.8) is 0 Å². The molecule has 0 atom stereocenters. The Hall–Kier alpha value is -3.55. The number of hydrogen-bond donors (Lipinski definition) is 3. The molecule has 0 unspecified atom stereocenters. The van der Waals surface area contributed by atoms with Gasteiger partial charge in [-0.15, -0.1) is 0 Å². The second kappa shape index (κ2) is 6.29. The normalized spacial score (nSPS) is 10.4. The smallest absolute Gasteiger partial charge is 0.225 e. The number of ether oxygens (including phenoxy) is 1. The average molecular weight is 324 g/mol. The number of anilines is 2. The SMILES string of the molecule is N=C(c1ccc(Oc2ccccc2)nc1F)c1c(N)ncnc1N. The molecule has 120 valence electrons. The van der Waals surface area contributed by atoms with E-state index in [0.29, 0.717) is 5.75 Å². The van der Waals surface area contributed by atoms with Crippen LogP contribution in [-0.4, -0.2) is 20.7 Å². The number of pyridine rings is 1. The Morgan fingerprint density at radius 2 is 1.67 bits per heavy atom. The molecule has 7 nitrogen and oxygen atoms in total. The van der Waals surface area contributed by atoms with Crippen molar-refractivity contribution in [2.75, 3.05) is 11.5 Å². The fourth-order valence-corrected chi connectivity index (χ4v) is 2.07. The largest absolute Gasteiger partial charge is 0.439 e. The lowest BCUT2D eigenvalue weighted by Crippen LogP contribution is -2.14. The number of nitrogens with zero attached hydrogens (tertiary/aromatic N) is 3. The lowest BCUT2D eigenvalue weighted by Gasteiger charge is -2.10. The van der Waals surface area contributed by atoms with Crippen LogP contribution in [0.3, 0.4) is 0 Å². The summed E-state index contributed by atoms with van der Waals surface area (Å²) < 4.78 is 19.7. The molecule has 0 aliphatic rings. The molecule has 0 radical (unpaired) electrons. The summed E-state index contributed by atoms with van der Waals surface area (Å²) in [6.07, 6.45) is 1.17. The molecule has 1 aromatic carbocycles. The molecule has 0 aliphatic carbocycles. The van der Waals surface area contributed by atoms with Crippen molar-refractivity contribution in [1.82, 2.24) is 15.0 Å². The predicted octanol–water partition coefficient (Wildman–Crippen LogP) is 2.38. The van der Waals surface area contributed by atoms with Gasteiger partial charge in [0.05, 0.1) is 16.8 Å². The molecule has 3 rings (SSSR count). The average Bonchev–Trinajstić information content (AvgIpc) is 2.55. The van der Waals surface area contributed by atoms with Crippen LogP contribution in [0.2, 0.25) is 0 Å². The van der Waals surface area contributed by atoms with Crippen LogP contribution in [0.5, 0.6) is 11.6 Å². The van der Waals surface area contributed by atoms with Gasteiger partial charge in [0.1, 0.15) is 23.7 Å². The molecule has 0 amide bonds. The highest BCUT2D eigenvalue weighted by molar-refractivity contribution is 6.15. The maximum atomic E-state index is 14.3. The molecule has 2 heterocycles. The molecule has 0 fully saturated rings. The van der Waals surface area contributed by atoms with E-state index in [4.69, 9.17) is 21.6 Å². The highest BCUT2D eigenvalue weighted by atomic mass is 19.1. The zero-order valence-electron chi connectivity index (χ0n) is 12.4. The number of halogens is 1. The summed E-state index contributed by atoms with van der Waals surface area (Å²) in [5.74, 6) is -0.290. The molecule has 0 spiro atoms. The van der Waals surface area contributed by atoms with Gasteiger partial charge in [-0.1, -0.05) is 18.2 Å². The third kappa shape index (κ3) is 2.98. The Bertz CT molecular complexity index is 880. The third-order valence-electron chi connectivity index (χ3n) is 3.21. The topological polar surface area (TPSA) is 124 Å². The molecule has 2 aromatic heterocycles. The van der Waals surface area contributed by atoms with Crippen LogP contribution in [0.4, 0.5) is 16.0 Å². The van der Waals surface area contributed by atoms with Crippen molar-refractivity contribution >= 4 is 17.3 Å². The first kappa shape index (κ1) is 15.3. The van der Waals surface area contributed by atoms with Crippen molar-refractivity contribution in [2.24, 2.45) is 0 Å². The number of nitrogens with two attached hydrogens (primary N) is 2. The third-order valence-corrected chi connectivity index (χ3v) is 3.21. The van der Waals surface area contributed by atoms with Gasteiger partial charge in [0.2, 0.25) is 11.8 Å². The first-order chi connectivity index (χ1) is 11.6. The summed E-state index contributed by atoms with van der Waals surface area (Å²) in [6, 6.07) is 11.7. The van der Waals surface area contributed by atoms with E-state index in [1.165, 1.54) is 18.5 Å². The van der Waals surface area contributed by atoms with Crippen molar-refractivity contribution in [3.8, 4) is 11.6 Å². The van der Waals surface area contributed by atoms with Gasteiger partial charge in [-0.05, 0) is 18.2 Å². The number of benzene rings is 1. The van der Waals surface area contributed by atoms with Crippen LogP contribution in [0, 0.1) is 11.4 Å². The van der Waals surface area contributed by atoms with Crippen LogP contribution >= 0.6 is 0 Å². The summed E-state index contributed by atoms with van der Waals surface area (Å²) in [6.45, 7) is 0. The molecular formula is C16H13FN6O. The Morgan fingerprint density at radius 1 is 1.00 bits per heavy atom. The van der Waals surface area contributed by atoms with Gasteiger partial charge >= 0.3 is 0 Å². The second-order valence-corrected chi connectivity index (χ2v) is 4.80. The zero-order valence-corrected chi connectivity index (χ0v) is 12.4. The molecule has 3 aromatic rings. The van der Waals surface area contributed by atoms with Crippen LogP contribution in [0.15, 0.2) is 48.8 Å². The van der Waals surface area contributed by atoms with E-state index in [1.54, 1.807) is 24.3 Å². The van der Waals surface area contributed by atoms with Gasteiger partial charge in [0.15, 0.2) is 0 Å². The fraction of sp³-hybridized carbons (Fsp3) is 0. The summed E-state index contributed by atoms with van der Waals surface area (Å²) >= 11 is 0. The van der Waals surface area contributed by atoms with Gasteiger partial charge < -0.3 is 16.2 Å². The van der Waals surface area contributed by atoms with Crippen LogP contribution < -0.4 is 16.2 Å². The maximum absolute atomic E-state index is 14.3. The number of para-hydroxylation sites is 1. The number of nitrogen functional groups attached to an aromatic ring is 2. The number of hydrogen-bond acceptors (Lipinski definition) is 7. The Kier molecular flexibility index (Phi) is 4.02. The monoisotopic (exact) mass is 324 g/mol. The summed E-state index contributed by atoms with van der Waals surface area (Å²) in [5.41, 5.74) is 11.1. The highest BCUT2D eigenvalue weighted by Crippen LogP contribution is 2.24. The Labute approximate surface area is 136 Å². The van der Waals surface area contributed by atoms with Gasteiger partial charge in [-0.3, -0.25) is 5.41 Å². The van der Waals surface area contributed by atoms with E-state index in [9.17, 15) is 4.39 Å². The molecule has 8 heteroatoms. The standard InChI is InChI=1S/C16H13FN6O/c17-14-10(13(18)12-15(19)21-8-22-16(12)20)6-7-11(23-14)24-9-4-2-1-3-5-9/h1-8,18H,(H4,19,20,21,22). The van der Waals surface area contributed by atoms with Crippen molar-refractivity contribution in [3.05, 3.63) is 65.9 Å². The summed E-state index contributed by atoms with van der Waals surface area (Å²) in [5, 5.41) is 8.12. The molecule has 5 N–H and O–H groups in total. The predicted molar refractivity (Wildman–Crippen MR) is 87.5 cm³/mol. The first-order valence-corrected chi connectivity index (χ1v) is 6.91. The summed E-state index contributed by atoms with van der Waals surface area (Å²) in [7, 11) is 0. The van der Waals surface area contributed by atoms with E-state index in [0.717, 1.165) is 0 Å². The minimum Gasteiger partial charge on any atom is -0.439 e. The van der Waals surface area contributed by atoms with Crippen LogP contribution in [-0.2, 0) is 0 Å². The van der Waals surface area contributed by atoms with Crippen LogP contribution in [0.1, 0.15) is 11.1 Å². The lowest BCUT2D eigenvalue weighted by atomic mass is 10.0. The van der Waals surface area contributed by atoms with E-state index < -0.39 is 5.95 Å². The van der Waals surface area contributed by atoms with E-state index in [-0.39, 0.29) is 34.4 Å². The Balaban J connectivity index is 1.91. The first-order valence-electron chi connectivity index (χ1n) is 6.91. The zero-order chi connectivity index (χ0) is 17.1. The summed E-state index contributed by atoms with van der Waals surface area (Å²) in [4.78, 5) is 11.3. The van der Waals surface area contributed by atoms with Gasteiger partial charge in [-0.25, -0.2) is 9.97 Å². The van der Waals surface area contributed by atoms with Gasteiger partial charge in [0, 0.05) is 6.07 Å². The molecular weight excluding hydrogens is 311 g/mol. The van der Waals surface area contributed by atoms with Gasteiger partial charge in [-0.2, -0.15) is 9.37 Å². The minimum atomic E-state index is -0.879. The minimum absolute atomic E-state index is 0.00323. The maximum Gasteiger partial charge on any atom is 0.225 e. The number of rotatable bonds is 4. The fourth-order valence-electron chi connectivity index (χ4n) is 2.07. The molecule has 24 heavy (non-hydrogen) atoms. The quantitative estimate of drug-likeness (QED) is 0.500. The second-order valence-electron chi connectivity index (χ2n) is 4.80. The van der Waals surface area contributed by atoms with E-state index >= 15 is 0 Å². The van der Waals surface area contributed by atoms with E-state index in [1.807, 2.05) is 6.07 Å². The molecule has 0 aliphatic heterocycles. The van der Waals surface area contributed by atoms with Crippen molar-refractivity contribution in [1.29, 1.82) is 5.41 Å². The Morgan fingerprint density at radius 3 is 2.29 bits per heavy atom.